The maximum atomic E-state index is 12.1. The van der Waals surface area contributed by atoms with Crippen LogP contribution >= 0.6 is 0 Å². The Morgan fingerprint density at radius 1 is 1.26 bits per heavy atom. The van der Waals surface area contributed by atoms with E-state index in [2.05, 4.69) is 20.5 Å². The molecule has 1 aliphatic rings. The first-order chi connectivity index (χ1) is 11.2. The van der Waals surface area contributed by atoms with Gasteiger partial charge in [-0.2, -0.15) is 0 Å². The van der Waals surface area contributed by atoms with Crippen LogP contribution in [0.25, 0.3) is 10.9 Å². The summed E-state index contributed by atoms with van der Waals surface area (Å²) in [6, 6.07) is 9.61. The summed E-state index contributed by atoms with van der Waals surface area (Å²) in [4.78, 5) is 19.1. The third-order valence-electron chi connectivity index (χ3n) is 4.23. The molecule has 3 rings (SSSR count). The van der Waals surface area contributed by atoms with Gasteiger partial charge in [0.2, 0.25) is 0 Å². The van der Waals surface area contributed by atoms with Gasteiger partial charge in [0.05, 0.1) is 11.2 Å². The lowest BCUT2D eigenvalue weighted by Crippen LogP contribution is -2.32. The normalized spacial score (nSPS) is 15.0. The van der Waals surface area contributed by atoms with E-state index < -0.39 is 0 Å². The topological polar surface area (TPSA) is 57.3 Å². The quantitative estimate of drug-likeness (QED) is 0.834. The summed E-state index contributed by atoms with van der Waals surface area (Å²) < 4.78 is 0. The molecule has 1 aliphatic heterocycles. The number of nitrogens with one attached hydrogen (secondary N) is 2. The highest BCUT2D eigenvalue weighted by molar-refractivity contribution is 6.00. The van der Waals surface area contributed by atoms with E-state index in [0.29, 0.717) is 6.54 Å². The van der Waals surface area contributed by atoms with Crippen molar-refractivity contribution in [1.29, 1.82) is 0 Å². The minimum atomic E-state index is -0.151. The van der Waals surface area contributed by atoms with Crippen LogP contribution in [0.5, 0.6) is 0 Å². The zero-order valence-corrected chi connectivity index (χ0v) is 13.6. The van der Waals surface area contributed by atoms with Crippen molar-refractivity contribution >= 4 is 22.6 Å². The van der Waals surface area contributed by atoms with E-state index >= 15 is 0 Å². The van der Waals surface area contributed by atoms with Crippen LogP contribution in [0.4, 0.5) is 10.5 Å². The van der Waals surface area contributed by atoms with Gasteiger partial charge in [0.25, 0.3) is 0 Å². The number of fused-ring (bicyclic) bond motifs is 1. The molecule has 0 unspecified atom stereocenters. The summed E-state index contributed by atoms with van der Waals surface area (Å²) in [5, 5.41) is 6.86. The van der Waals surface area contributed by atoms with E-state index in [9.17, 15) is 4.79 Å². The van der Waals surface area contributed by atoms with Crippen molar-refractivity contribution in [3.8, 4) is 0 Å². The Labute approximate surface area is 137 Å². The largest absolute Gasteiger partial charge is 0.338 e. The van der Waals surface area contributed by atoms with Gasteiger partial charge in [0.15, 0.2) is 0 Å². The number of aryl methyl sites for hydroxylation is 1. The maximum absolute atomic E-state index is 12.1. The molecule has 2 heterocycles. The van der Waals surface area contributed by atoms with Crippen LogP contribution in [-0.2, 0) is 0 Å². The Morgan fingerprint density at radius 3 is 2.87 bits per heavy atom. The van der Waals surface area contributed by atoms with Crippen LogP contribution in [0.1, 0.15) is 25.0 Å². The molecule has 23 heavy (non-hydrogen) atoms. The molecule has 122 valence electrons. The number of hydrogen-bond donors (Lipinski definition) is 2. The number of urea groups is 1. The Hall–Kier alpha value is -2.14. The average molecular weight is 312 g/mol. The molecular weight excluding hydrogens is 288 g/mol. The lowest BCUT2D eigenvalue weighted by molar-refractivity contribution is 0.251. The fraction of sp³-hybridized carbons (Fsp3) is 0.444. The van der Waals surface area contributed by atoms with Crippen LogP contribution in [0.15, 0.2) is 30.3 Å². The van der Waals surface area contributed by atoms with Gasteiger partial charge in [-0.1, -0.05) is 18.2 Å². The number of anilines is 1. The first-order valence-corrected chi connectivity index (χ1v) is 8.36. The number of carbonyl (C=O) groups excluding carboxylic acids is 1. The van der Waals surface area contributed by atoms with Crippen molar-refractivity contribution in [2.24, 2.45) is 0 Å². The molecule has 0 saturated carbocycles. The highest BCUT2D eigenvalue weighted by Crippen LogP contribution is 2.22. The lowest BCUT2D eigenvalue weighted by atomic mass is 10.1. The highest BCUT2D eigenvalue weighted by atomic mass is 16.2. The maximum Gasteiger partial charge on any atom is 0.319 e. The van der Waals surface area contributed by atoms with Gasteiger partial charge in [-0.25, -0.2) is 4.79 Å². The number of benzene rings is 1. The second-order valence-corrected chi connectivity index (χ2v) is 6.11. The van der Waals surface area contributed by atoms with Gasteiger partial charge in [-0.05, 0) is 58.0 Å². The van der Waals surface area contributed by atoms with Gasteiger partial charge in [0.1, 0.15) is 0 Å². The Bertz CT molecular complexity index is 680. The molecule has 0 radical (unpaired) electrons. The number of aromatic nitrogens is 1. The minimum Gasteiger partial charge on any atom is -0.338 e. The van der Waals surface area contributed by atoms with E-state index in [1.165, 1.54) is 25.9 Å². The van der Waals surface area contributed by atoms with Crippen molar-refractivity contribution in [1.82, 2.24) is 15.2 Å². The number of para-hydroxylation sites is 1. The Balaban J connectivity index is 1.53. The molecule has 0 atom stereocenters. The van der Waals surface area contributed by atoms with Gasteiger partial charge >= 0.3 is 6.03 Å². The van der Waals surface area contributed by atoms with Crippen LogP contribution < -0.4 is 10.6 Å². The molecule has 0 aliphatic carbocycles. The lowest BCUT2D eigenvalue weighted by Gasteiger charge is -2.15. The molecule has 5 nitrogen and oxygen atoms in total. The van der Waals surface area contributed by atoms with Gasteiger partial charge in [-0.3, -0.25) is 4.98 Å². The number of rotatable bonds is 5. The number of pyridine rings is 1. The summed E-state index contributed by atoms with van der Waals surface area (Å²) in [6.07, 6.45) is 3.61. The fourth-order valence-electron chi connectivity index (χ4n) is 3.09. The van der Waals surface area contributed by atoms with Crippen molar-refractivity contribution in [3.63, 3.8) is 0 Å². The molecule has 2 aromatic rings. The van der Waals surface area contributed by atoms with Crippen LogP contribution in [0.3, 0.4) is 0 Å². The standard InChI is InChI=1S/C18H24N4O/c1-14-13-17(15-7-2-3-8-16(15)20-14)21-18(23)19-9-6-12-22-10-4-5-11-22/h2-3,7-8,13H,4-6,9-12H2,1H3,(H2,19,20,21,23). The van der Waals surface area contributed by atoms with Gasteiger partial charge < -0.3 is 15.5 Å². The third kappa shape index (κ3) is 4.20. The van der Waals surface area contributed by atoms with E-state index in [4.69, 9.17) is 0 Å². The van der Waals surface area contributed by atoms with E-state index in [-0.39, 0.29) is 6.03 Å². The van der Waals surface area contributed by atoms with Gasteiger partial charge in [0, 0.05) is 17.6 Å². The fourth-order valence-corrected chi connectivity index (χ4v) is 3.09. The van der Waals surface area contributed by atoms with Crippen molar-refractivity contribution in [2.75, 3.05) is 31.5 Å². The molecule has 2 amide bonds. The Kier molecular flexibility index (Phi) is 5.08. The SMILES string of the molecule is Cc1cc(NC(=O)NCCCN2CCCC2)c2ccccc2n1. The molecule has 1 saturated heterocycles. The zero-order chi connectivity index (χ0) is 16.1. The van der Waals surface area contributed by atoms with Crippen LogP contribution in [-0.4, -0.2) is 42.1 Å². The number of amides is 2. The van der Waals surface area contributed by atoms with E-state index in [0.717, 1.165) is 35.2 Å². The molecular formula is C18H24N4O. The highest BCUT2D eigenvalue weighted by Gasteiger charge is 2.11. The second-order valence-electron chi connectivity index (χ2n) is 6.11. The molecule has 2 N–H and O–H groups in total. The third-order valence-corrected chi connectivity index (χ3v) is 4.23. The number of hydrogen-bond acceptors (Lipinski definition) is 3. The van der Waals surface area contributed by atoms with Crippen LogP contribution in [0, 0.1) is 6.92 Å². The first kappa shape index (κ1) is 15.7. The summed E-state index contributed by atoms with van der Waals surface area (Å²) in [5.74, 6) is 0. The Morgan fingerprint density at radius 2 is 2.04 bits per heavy atom. The summed E-state index contributed by atoms with van der Waals surface area (Å²) in [6.45, 7) is 6.11. The summed E-state index contributed by atoms with van der Waals surface area (Å²) in [7, 11) is 0. The average Bonchev–Trinajstić information content (AvgIpc) is 3.05. The zero-order valence-electron chi connectivity index (χ0n) is 13.6. The van der Waals surface area contributed by atoms with Crippen molar-refractivity contribution in [3.05, 3.63) is 36.0 Å². The molecule has 1 fully saturated rings. The smallest absolute Gasteiger partial charge is 0.319 e. The second kappa shape index (κ2) is 7.42. The van der Waals surface area contributed by atoms with Crippen molar-refractivity contribution < 1.29 is 4.79 Å². The van der Waals surface area contributed by atoms with Crippen molar-refractivity contribution in [2.45, 2.75) is 26.2 Å². The molecule has 1 aromatic heterocycles. The number of carbonyl (C=O) groups is 1. The predicted molar refractivity (Wildman–Crippen MR) is 93.8 cm³/mol. The molecule has 1 aromatic carbocycles. The number of nitrogens with zero attached hydrogens (tertiary/aromatic N) is 2. The summed E-state index contributed by atoms with van der Waals surface area (Å²) >= 11 is 0. The van der Waals surface area contributed by atoms with E-state index in [1.54, 1.807) is 0 Å². The molecule has 5 heteroatoms. The monoisotopic (exact) mass is 312 g/mol. The first-order valence-electron chi connectivity index (χ1n) is 8.36. The number of likely N-dealkylation sites (tertiary alicyclic amines) is 1. The summed E-state index contributed by atoms with van der Waals surface area (Å²) in [5.41, 5.74) is 2.61. The van der Waals surface area contributed by atoms with Gasteiger partial charge in [-0.15, -0.1) is 0 Å². The minimum absolute atomic E-state index is 0.151. The predicted octanol–water partition coefficient (Wildman–Crippen LogP) is 3.15. The van der Waals surface area contributed by atoms with E-state index in [1.807, 2.05) is 37.3 Å². The molecule has 0 spiro atoms. The van der Waals surface area contributed by atoms with Crippen LogP contribution in [0.2, 0.25) is 0 Å². The molecule has 0 bridgehead atoms.